The van der Waals surface area contributed by atoms with Gasteiger partial charge in [0, 0.05) is 10.9 Å². The molecular weight excluding hydrogens is 366 g/mol. The van der Waals surface area contributed by atoms with Gasteiger partial charge in [0.15, 0.2) is 11.5 Å². The van der Waals surface area contributed by atoms with E-state index in [9.17, 15) is 9.90 Å². The first-order valence-corrected chi connectivity index (χ1v) is 9.57. The predicted octanol–water partition coefficient (Wildman–Crippen LogP) is 4.28. The van der Waals surface area contributed by atoms with Gasteiger partial charge in [-0.15, -0.1) is 0 Å². The van der Waals surface area contributed by atoms with Crippen LogP contribution in [0, 0.1) is 0 Å². The van der Waals surface area contributed by atoms with Gasteiger partial charge in [-0.05, 0) is 42.1 Å². The molecule has 4 rings (SSSR count). The Balaban J connectivity index is 1.47. The van der Waals surface area contributed by atoms with Crippen LogP contribution in [0.15, 0.2) is 60.7 Å². The largest absolute Gasteiger partial charge is 0.493 e. The molecule has 0 saturated carbocycles. The van der Waals surface area contributed by atoms with E-state index in [1.807, 2.05) is 73.7 Å². The molecule has 1 amide bonds. The molecule has 148 valence electrons. The summed E-state index contributed by atoms with van der Waals surface area (Å²) >= 11 is 0. The number of aliphatic hydroxyl groups excluding tert-OH is 1. The van der Waals surface area contributed by atoms with Crippen LogP contribution in [0.3, 0.4) is 0 Å². The lowest BCUT2D eigenvalue weighted by atomic mass is 10.1. The minimum absolute atomic E-state index is 0.0510. The molecule has 1 unspecified atom stereocenters. The van der Waals surface area contributed by atoms with Crippen LogP contribution in [-0.2, 0) is 0 Å². The van der Waals surface area contributed by atoms with E-state index >= 15 is 0 Å². The van der Waals surface area contributed by atoms with Gasteiger partial charge >= 0.3 is 0 Å². The molecule has 0 saturated heterocycles. The Hall–Kier alpha value is -3.31. The summed E-state index contributed by atoms with van der Waals surface area (Å²) < 4.78 is 11.2. The van der Waals surface area contributed by atoms with Gasteiger partial charge in [0.1, 0.15) is 12.7 Å². The molecule has 5 heteroatoms. The van der Waals surface area contributed by atoms with E-state index < -0.39 is 6.10 Å². The Morgan fingerprint density at radius 1 is 1.10 bits per heavy atom. The van der Waals surface area contributed by atoms with Gasteiger partial charge in [-0.3, -0.25) is 4.79 Å². The van der Waals surface area contributed by atoms with Gasteiger partial charge in [0.05, 0.1) is 19.3 Å². The van der Waals surface area contributed by atoms with Crippen molar-refractivity contribution in [1.82, 2.24) is 0 Å². The smallest absolute Gasteiger partial charge is 0.259 e. The van der Waals surface area contributed by atoms with Crippen molar-refractivity contribution >= 4 is 28.4 Å². The van der Waals surface area contributed by atoms with Crippen LogP contribution in [0.1, 0.15) is 22.8 Å². The third-order valence-corrected chi connectivity index (χ3v) is 5.02. The van der Waals surface area contributed by atoms with Gasteiger partial charge in [-0.2, -0.15) is 0 Å². The Morgan fingerprint density at radius 3 is 2.66 bits per heavy atom. The first-order chi connectivity index (χ1) is 14.1. The second-order valence-corrected chi connectivity index (χ2v) is 6.97. The zero-order valence-corrected chi connectivity index (χ0v) is 16.5. The maximum absolute atomic E-state index is 12.8. The van der Waals surface area contributed by atoms with Crippen molar-refractivity contribution in [3.63, 3.8) is 0 Å². The summed E-state index contributed by atoms with van der Waals surface area (Å²) in [5.74, 6) is 1.06. The lowest BCUT2D eigenvalue weighted by Crippen LogP contribution is -2.37. The average molecular weight is 389 g/mol. The molecule has 3 aromatic rings. The van der Waals surface area contributed by atoms with Crippen LogP contribution in [0.25, 0.3) is 16.8 Å². The second-order valence-electron chi connectivity index (χ2n) is 6.97. The van der Waals surface area contributed by atoms with Gasteiger partial charge in [-0.25, -0.2) is 0 Å². The number of carbonyl (C=O) groups excluding carboxylic acids is 1. The molecule has 0 aromatic heterocycles. The topological polar surface area (TPSA) is 59.0 Å². The SMILES string of the molecule is C/C=C/c1ccc(OCC(O)CN2C(=O)c3cccc4cccc2c34)c(OC)c1. The Morgan fingerprint density at radius 2 is 1.90 bits per heavy atom. The van der Waals surface area contributed by atoms with E-state index in [4.69, 9.17) is 9.47 Å². The predicted molar refractivity (Wildman–Crippen MR) is 115 cm³/mol. The number of hydrogen-bond donors (Lipinski definition) is 1. The van der Waals surface area contributed by atoms with Crippen LogP contribution in [-0.4, -0.2) is 37.4 Å². The number of aliphatic hydroxyl groups is 1. The highest BCUT2D eigenvalue weighted by Crippen LogP contribution is 2.37. The van der Waals surface area contributed by atoms with Crippen molar-refractivity contribution in [3.05, 3.63) is 71.8 Å². The Kier molecular flexibility index (Phi) is 5.23. The summed E-state index contributed by atoms with van der Waals surface area (Å²) in [6.45, 7) is 2.16. The number of carbonyl (C=O) groups is 1. The molecule has 0 radical (unpaired) electrons. The molecule has 5 nitrogen and oxygen atoms in total. The normalized spacial score (nSPS) is 14.0. The third kappa shape index (κ3) is 3.57. The van der Waals surface area contributed by atoms with E-state index in [0.717, 1.165) is 22.0 Å². The molecule has 1 aliphatic heterocycles. The summed E-state index contributed by atoms with van der Waals surface area (Å²) in [6.07, 6.45) is 3.08. The van der Waals surface area contributed by atoms with E-state index in [2.05, 4.69) is 0 Å². The number of allylic oxidation sites excluding steroid dienone is 1. The van der Waals surface area contributed by atoms with Gasteiger partial charge in [0.2, 0.25) is 0 Å². The second kappa shape index (κ2) is 7.97. The summed E-state index contributed by atoms with van der Waals surface area (Å²) in [4.78, 5) is 14.5. The van der Waals surface area contributed by atoms with Gasteiger partial charge < -0.3 is 19.5 Å². The summed E-state index contributed by atoms with van der Waals surface area (Å²) in [6, 6.07) is 17.1. The molecule has 0 fully saturated rings. The lowest BCUT2D eigenvalue weighted by Gasteiger charge is -2.22. The zero-order valence-electron chi connectivity index (χ0n) is 16.5. The maximum atomic E-state index is 12.8. The zero-order chi connectivity index (χ0) is 20.4. The third-order valence-electron chi connectivity index (χ3n) is 5.02. The highest BCUT2D eigenvalue weighted by molar-refractivity contribution is 6.25. The first-order valence-electron chi connectivity index (χ1n) is 9.57. The summed E-state index contributed by atoms with van der Waals surface area (Å²) in [5.41, 5.74) is 2.51. The first kappa shape index (κ1) is 19.0. The van der Waals surface area contributed by atoms with Crippen molar-refractivity contribution in [3.8, 4) is 11.5 Å². The van der Waals surface area contributed by atoms with Crippen molar-refractivity contribution in [2.24, 2.45) is 0 Å². The van der Waals surface area contributed by atoms with E-state index in [1.165, 1.54) is 0 Å². The fourth-order valence-corrected chi connectivity index (χ4v) is 3.71. The standard InChI is InChI=1S/C24H23NO4/c1-3-6-16-11-12-21(22(13-16)28-2)29-15-18(26)14-25-20-10-5-8-17-7-4-9-19(23(17)20)24(25)27/h3-13,18,26H,14-15H2,1-2H3/b6-3+. The molecule has 0 aliphatic carbocycles. The molecule has 1 atom stereocenters. The Labute approximate surface area is 169 Å². The molecule has 1 N–H and O–H groups in total. The van der Waals surface area contributed by atoms with Crippen LogP contribution in [0.2, 0.25) is 0 Å². The van der Waals surface area contributed by atoms with E-state index in [-0.39, 0.29) is 19.1 Å². The average Bonchev–Trinajstić information content (AvgIpc) is 3.01. The lowest BCUT2D eigenvalue weighted by molar-refractivity contribution is 0.0909. The summed E-state index contributed by atoms with van der Waals surface area (Å²) in [5, 5.41) is 12.5. The van der Waals surface area contributed by atoms with Crippen LogP contribution >= 0.6 is 0 Å². The molecule has 1 aliphatic rings. The number of anilines is 1. The van der Waals surface area contributed by atoms with Crippen LogP contribution in [0.4, 0.5) is 5.69 Å². The van der Waals surface area contributed by atoms with Crippen molar-refractivity contribution in [2.75, 3.05) is 25.2 Å². The molecular formula is C24H23NO4. The molecule has 0 bridgehead atoms. The highest BCUT2D eigenvalue weighted by atomic mass is 16.5. The maximum Gasteiger partial charge on any atom is 0.259 e. The number of rotatable bonds is 7. The summed E-state index contributed by atoms with van der Waals surface area (Å²) in [7, 11) is 1.58. The number of methoxy groups -OCH3 is 1. The molecule has 1 heterocycles. The van der Waals surface area contributed by atoms with E-state index in [1.54, 1.807) is 12.0 Å². The number of hydrogen-bond acceptors (Lipinski definition) is 4. The van der Waals surface area contributed by atoms with E-state index in [0.29, 0.717) is 17.1 Å². The monoisotopic (exact) mass is 389 g/mol. The Bertz CT molecular complexity index is 1080. The molecule has 3 aromatic carbocycles. The fraction of sp³-hybridized carbons (Fsp3) is 0.208. The fourth-order valence-electron chi connectivity index (χ4n) is 3.71. The number of ether oxygens (including phenoxy) is 2. The number of β-amino-alcohol motifs (C(OH)–C–C–N with tert-alkyl or cyclic N) is 1. The molecule has 0 spiro atoms. The minimum atomic E-state index is -0.844. The van der Waals surface area contributed by atoms with Crippen LogP contribution < -0.4 is 14.4 Å². The van der Waals surface area contributed by atoms with Crippen molar-refractivity contribution in [1.29, 1.82) is 0 Å². The van der Waals surface area contributed by atoms with Crippen molar-refractivity contribution in [2.45, 2.75) is 13.0 Å². The highest BCUT2D eigenvalue weighted by Gasteiger charge is 2.30. The minimum Gasteiger partial charge on any atom is -0.493 e. The van der Waals surface area contributed by atoms with Crippen molar-refractivity contribution < 1.29 is 19.4 Å². The number of nitrogens with zero attached hydrogens (tertiary/aromatic N) is 1. The molecule has 29 heavy (non-hydrogen) atoms. The quantitative estimate of drug-likeness (QED) is 0.655. The number of benzene rings is 3. The van der Waals surface area contributed by atoms with Gasteiger partial charge in [-0.1, -0.05) is 42.5 Å². The van der Waals surface area contributed by atoms with Gasteiger partial charge in [0.25, 0.3) is 5.91 Å². The van der Waals surface area contributed by atoms with Crippen LogP contribution in [0.5, 0.6) is 11.5 Å². The number of amides is 1.